The topological polar surface area (TPSA) is 98.8 Å². The van der Waals surface area contributed by atoms with E-state index in [0.717, 1.165) is 37.5 Å². The fraction of sp³-hybridized carbons (Fsp3) is 0.429. The zero-order valence-corrected chi connectivity index (χ0v) is 18.4. The molecule has 0 radical (unpaired) electrons. The molecule has 0 bridgehead atoms. The fourth-order valence-electron chi connectivity index (χ4n) is 4.18. The lowest BCUT2D eigenvalue weighted by Crippen LogP contribution is -2.39. The van der Waals surface area contributed by atoms with Crippen LogP contribution in [0.3, 0.4) is 0 Å². The first kappa shape index (κ1) is 21.1. The van der Waals surface area contributed by atoms with Gasteiger partial charge in [0.2, 0.25) is 10.0 Å². The van der Waals surface area contributed by atoms with Crippen molar-refractivity contribution in [2.24, 2.45) is 0 Å². The van der Waals surface area contributed by atoms with Gasteiger partial charge in [0.25, 0.3) is 0 Å². The predicted molar refractivity (Wildman–Crippen MR) is 112 cm³/mol. The zero-order valence-electron chi connectivity index (χ0n) is 16.8. The number of benzene rings is 2. The van der Waals surface area contributed by atoms with Gasteiger partial charge in [0.05, 0.1) is 9.79 Å². The summed E-state index contributed by atoms with van der Waals surface area (Å²) < 4.78 is 63.0. The van der Waals surface area contributed by atoms with Gasteiger partial charge in [-0.15, -0.1) is 0 Å². The Morgan fingerprint density at radius 1 is 0.867 bits per heavy atom. The maximum atomic E-state index is 12.9. The van der Waals surface area contributed by atoms with Crippen LogP contribution in [0.4, 0.5) is 0 Å². The first-order valence-electron chi connectivity index (χ1n) is 9.90. The number of ether oxygens (including phenoxy) is 2. The molecular weight excluding hydrogens is 426 g/mol. The van der Waals surface area contributed by atoms with Crippen LogP contribution in [0.25, 0.3) is 0 Å². The molecule has 9 heteroatoms. The first-order chi connectivity index (χ1) is 14.2. The van der Waals surface area contributed by atoms with Crippen molar-refractivity contribution in [1.29, 1.82) is 0 Å². The molecule has 0 atom stereocenters. The second kappa shape index (κ2) is 7.86. The van der Waals surface area contributed by atoms with E-state index in [2.05, 4.69) is 4.72 Å². The molecule has 4 rings (SSSR count). The summed E-state index contributed by atoms with van der Waals surface area (Å²) in [6.07, 6.45) is 4.90. The van der Waals surface area contributed by atoms with Crippen molar-refractivity contribution in [3.05, 3.63) is 48.0 Å². The zero-order chi connectivity index (χ0) is 21.4. The van der Waals surface area contributed by atoms with E-state index in [1.165, 1.54) is 24.3 Å². The SMILES string of the molecule is CS(=O)(=O)c1ccc(S(=O)(=O)NCC2(c3ccc4c(c3)OCCO4)CCCC2)cc1. The van der Waals surface area contributed by atoms with E-state index in [1.54, 1.807) is 0 Å². The summed E-state index contributed by atoms with van der Waals surface area (Å²) in [7, 11) is -7.16. The minimum atomic E-state index is -3.77. The summed E-state index contributed by atoms with van der Waals surface area (Å²) in [6.45, 7) is 1.29. The number of fused-ring (bicyclic) bond motifs is 1. The second-order valence-electron chi connectivity index (χ2n) is 7.91. The Kier molecular flexibility index (Phi) is 5.54. The van der Waals surface area contributed by atoms with Crippen LogP contribution < -0.4 is 14.2 Å². The highest BCUT2D eigenvalue weighted by molar-refractivity contribution is 7.90. The van der Waals surface area contributed by atoms with E-state index in [1.807, 2.05) is 18.2 Å². The molecule has 0 aromatic heterocycles. The van der Waals surface area contributed by atoms with Crippen molar-refractivity contribution < 1.29 is 26.3 Å². The third-order valence-electron chi connectivity index (χ3n) is 5.88. The van der Waals surface area contributed by atoms with E-state index in [9.17, 15) is 16.8 Å². The standard InChI is InChI=1S/C21H25NO6S2/c1-29(23,24)17-5-7-18(8-6-17)30(25,26)22-15-21(10-2-3-11-21)16-4-9-19-20(14-16)28-13-12-27-19/h4-9,14,22H,2-3,10-13,15H2,1H3. The number of sulfonamides is 1. The number of nitrogens with one attached hydrogen (secondary N) is 1. The molecule has 1 aliphatic heterocycles. The Hall–Kier alpha value is -2.10. The smallest absolute Gasteiger partial charge is 0.240 e. The van der Waals surface area contributed by atoms with Crippen LogP contribution in [0, 0.1) is 0 Å². The van der Waals surface area contributed by atoms with Crippen LogP contribution in [0.2, 0.25) is 0 Å². The minimum absolute atomic E-state index is 0.0465. The highest BCUT2D eigenvalue weighted by Gasteiger charge is 2.37. The number of hydrogen-bond acceptors (Lipinski definition) is 6. The Morgan fingerprint density at radius 2 is 1.47 bits per heavy atom. The summed E-state index contributed by atoms with van der Waals surface area (Å²) in [6, 6.07) is 11.1. The van der Waals surface area contributed by atoms with Crippen molar-refractivity contribution in [3.63, 3.8) is 0 Å². The molecule has 2 aliphatic rings. The molecule has 0 saturated heterocycles. The van der Waals surface area contributed by atoms with Gasteiger partial charge in [-0.1, -0.05) is 18.9 Å². The third-order valence-corrected chi connectivity index (χ3v) is 8.42. The van der Waals surface area contributed by atoms with Crippen LogP contribution in [-0.2, 0) is 25.3 Å². The summed E-state index contributed by atoms with van der Waals surface area (Å²) in [4.78, 5) is 0.134. The van der Waals surface area contributed by atoms with Gasteiger partial charge in [-0.2, -0.15) is 0 Å². The average Bonchev–Trinajstić information content (AvgIpc) is 3.22. The normalized spacial score (nSPS) is 18.3. The Labute approximate surface area is 177 Å². The van der Waals surface area contributed by atoms with E-state index in [-0.39, 0.29) is 21.8 Å². The van der Waals surface area contributed by atoms with E-state index in [4.69, 9.17) is 9.47 Å². The largest absolute Gasteiger partial charge is 0.486 e. The summed E-state index contributed by atoms with van der Waals surface area (Å²) in [5.74, 6) is 1.41. The van der Waals surface area contributed by atoms with Crippen LogP contribution in [0.15, 0.2) is 52.3 Å². The van der Waals surface area contributed by atoms with Gasteiger partial charge in [-0.3, -0.25) is 0 Å². The van der Waals surface area contributed by atoms with Gasteiger partial charge in [0, 0.05) is 18.2 Å². The van der Waals surface area contributed by atoms with Gasteiger partial charge in [-0.05, 0) is 54.8 Å². The van der Waals surface area contributed by atoms with Gasteiger partial charge in [0.1, 0.15) is 13.2 Å². The molecule has 1 aliphatic carbocycles. The molecule has 162 valence electrons. The molecular formula is C21H25NO6S2. The molecule has 2 aromatic carbocycles. The molecule has 0 unspecified atom stereocenters. The molecule has 1 heterocycles. The quantitative estimate of drug-likeness (QED) is 0.725. The highest BCUT2D eigenvalue weighted by atomic mass is 32.2. The van der Waals surface area contributed by atoms with Gasteiger partial charge < -0.3 is 9.47 Å². The average molecular weight is 452 g/mol. The van der Waals surface area contributed by atoms with E-state index >= 15 is 0 Å². The monoisotopic (exact) mass is 451 g/mol. The number of sulfone groups is 1. The number of rotatable bonds is 6. The molecule has 1 fully saturated rings. The lowest BCUT2D eigenvalue weighted by molar-refractivity contribution is 0.171. The molecule has 1 N–H and O–H groups in total. The molecule has 0 spiro atoms. The molecule has 0 amide bonds. The first-order valence-corrected chi connectivity index (χ1v) is 13.3. The molecule has 2 aromatic rings. The summed E-state index contributed by atoms with van der Waals surface area (Å²) >= 11 is 0. The molecule has 30 heavy (non-hydrogen) atoms. The Bertz CT molecular complexity index is 1130. The van der Waals surface area contributed by atoms with Crippen LogP contribution in [-0.4, -0.2) is 42.8 Å². The van der Waals surface area contributed by atoms with Crippen LogP contribution in [0.1, 0.15) is 31.2 Å². The van der Waals surface area contributed by atoms with Crippen molar-refractivity contribution in [1.82, 2.24) is 4.72 Å². The van der Waals surface area contributed by atoms with Gasteiger partial charge in [0.15, 0.2) is 21.3 Å². The van der Waals surface area contributed by atoms with Crippen LogP contribution in [0.5, 0.6) is 11.5 Å². The molecule has 7 nitrogen and oxygen atoms in total. The van der Waals surface area contributed by atoms with Crippen molar-refractivity contribution in [3.8, 4) is 11.5 Å². The van der Waals surface area contributed by atoms with Gasteiger partial charge in [-0.25, -0.2) is 21.6 Å². The fourth-order valence-corrected chi connectivity index (χ4v) is 5.93. The Balaban J connectivity index is 1.56. The van der Waals surface area contributed by atoms with Crippen LogP contribution >= 0.6 is 0 Å². The lowest BCUT2D eigenvalue weighted by atomic mass is 9.79. The Morgan fingerprint density at radius 3 is 2.10 bits per heavy atom. The number of hydrogen-bond donors (Lipinski definition) is 1. The predicted octanol–water partition coefficient (Wildman–Crippen LogP) is 2.65. The lowest BCUT2D eigenvalue weighted by Gasteiger charge is -2.31. The molecule has 1 saturated carbocycles. The van der Waals surface area contributed by atoms with Crippen molar-refractivity contribution in [2.75, 3.05) is 26.0 Å². The minimum Gasteiger partial charge on any atom is -0.486 e. The second-order valence-corrected chi connectivity index (χ2v) is 11.7. The van der Waals surface area contributed by atoms with Crippen molar-refractivity contribution >= 4 is 19.9 Å². The highest BCUT2D eigenvalue weighted by Crippen LogP contribution is 2.44. The van der Waals surface area contributed by atoms with Crippen molar-refractivity contribution in [2.45, 2.75) is 40.9 Å². The van der Waals surface area contributed by atoms with E-state index < -0.39 is 19.9 Å². The van der Waals surface area contributed by atoms with Gasteiger partial charge >= 0.3 is 0 Å². The maximum absolute atomic E-state index is 12.9. The summed E-state index contributed by atoms with van der Waals surface area (Å²) in [5, 5.41) is 0. The maximum Gasteiger partial charge on any atom is 0.240 e. The third kappa shape index (κ3) is 4.19. The summed E-state index contributed by atoms with van der Waals surface area (Å²) in [5.41, 5.74) is 0.731. The van der Waals surface area contributed by atoms with E-state index in [0.29, 0.717) is 24.7 Å².